The summed E-state index contributed by atoms with van der Waals surface area (Å²) in [5, 5.41) is 0. The predicted molar refractivity (Wildman–Crippen MR) is 107 cm³/mol. The van der Waals surface area contributed by atoms with Gasteiger partial charge in [-0.25, -0.2) is 0 Å². The van der Waals surface area contributed by atoms with Crippen LogP contribution in [-0.4, -0.2) is 42.8 Å². The summed E-state index contributed by atoms with van der Waals surface area (Å²) in [5.41, 5.74) is 3.87. The van der Waals surface area contributed by atoms with Gasteiger partial charge in [-0.3, -0.25) is 9.59 Å². The quantitative estimate of drug-likeness (QED) is 0.748. The first-order valence-electron chi connectivity index (χ1n) is 9.14. The lowest BCUT2D eigenvalue weighted by Crippen LogP contribution is -2.49. The van der Waals surface area contributed by atoms with Gasteiger partial charge < -0.3 is 9.80 Å². The van der Waals surface area contributed by atoms with E-state index in [0.717, 1.165) is 35.9 Å². The van der Waals surface area contributed by atoms with Crippen LogP contribution in [0.4, 0.5) is 5.69 Å². The molecule has 1 fully saturated rings. The van der Waals surface area contributed by atoms with Crippen LogP contribution in [0.2, 0.25) is 0 Å². The van der Waals surface area contributed by atoms with E-state index in [4.69, 9.17) is 0 Å². The summed E-state index contributed by atoms with van der Waals surface area (Å²) in [5.74, 6) is 0.165. The van der Waals surface area contributed by atoms with E-state index in [2.05, 4.69) is 36.9 Å². The van der Waals surface area contributed by atoms with Gasteiger partial charge in [0.1, 0.15) is 0 Å². The second-order valence-electron chi connectivity index (χ2n) is 6.92. The van der Waals surface area contributed by atoms with Crippen molar-refractivity contribution >= 4 is 28.7 Å². The van der Waals surface area contributed by atoms with Crippen LogP contribution in [0.25, 0.3) is 0 Å². The van der Waals surface area contributed by atoms with E-state index in [1.165, 1.54) is 28.2 Å². The van der Waals surface area contributed by atoms with Gasteiger partial charge in [-0.15, -0.1) is 11.3 Å². The first-order valence-corrected chi connectivity index (χ1v) is 9.96. The molecule has 0 N–H and O–H groups in total. The molecule has 26 heavy (non-hydrogen) atoms. The molecule has 2 heterocycles. The number of carbonyl (C=O) groups excluding carboxylic acids is 2. The highest BCUT2D eigenvalue weighted by Crippen LogP contribution is 2.24. The first-order chi connectivity index (χ1) is 12.5. The number of anilines is 1. The average Bonchev–Trinajstić information content (AvgIpc) is 3.08. The Morgan fingerprint density at radius 3 is 2.35 bits per heavy atom. The van der Waals surface area contributed by atoms with Gasteiger partial charge in [0, 0.05) is 49.6 Å². The van der Waals surface area contributed by atoms with Crippen LogP contribution < -0.4 is 4.90 Å². The lowest BCUT2D eigenvalue weighted by Gasteiger charge is -2.37. The Balaban J connectivity index is 1.50. The van der Waals surface area contributed by atoms with Crippen molar-refractivity contribution in [1.29, 1.82) is 0 Å². The molecule has 1 aromatic heterocycles. The van der Waals surface area contributed by atoms with Crippen molar-refractivity contribution in [3.8, 4) is 0 Å². The lowest BCUT2D eigenvalue weighted by atomic mass is 10.1. The molecule has 1 aromatic carbocycles. The summed E-state index contributed by atoms with van der Waals surface area (Å²) in [6.45, 7) is 9.39. The maximum atomic E-state index is 12.5. The van der Waals surface area contributed by atoms with E-state index in [1.807, 2.05) is 24.0 Å². The first kappa shape index (κ1) is 18.6. The van der Waals surface area contributed by atoms with E-state index >= 15 is 0 Å². The largest absolute Gasteiger partial charge is 0.368 e. The molecule has 0 atom stereocenters. The highest BCUT2D eigenvalue weighted by atomic mass is 32.1. The number of hydrogen-bond donors (Lipinski definition) is 0. The topological polar surface area (TPSA) is 40.6 Å². The van der Waals surface area contributed by atoms with Gasteiger partial charge in [-0.05, 0) is 50.1 Å². The molecule has 5 heteroatoms. The Morgan fingerprint density at radius 1 is 0.962 bits per heavy atom. The molecular weight excluding hydrogens is 344 g/mol. The number of piperazine rings is 1. The molecule has 2 aromatic rings. The number of thiophene rings is 1. The molecule has 0 unspecified atom stereocenters. The van der Waals surface area contributed by atoms with Gasteiger partial charge in [0.05, 0.1) is 4.88 Å². The number of Topliss-reactive ketones (excluding diaryl/α,β-unsaturated/α-hetero) is 1. The smallest absolute Gasteiger partial charge is 0.223 e. The summed E-state index contributed by atoms with van der Waals surface area (Å²) >= 11 is 1.50. The maximum Gasteiger partial charge on any atom is 0.223 e. The van der Waals surface area contributed by atoms with Gasteiger partial charge in [0.15, 0.2) is 5.78 Å². The Bertz CT molecular complexity index is 804. The number of rotatable bonds is 5. The molecule has 0 saturated carbocycles. The molecular formula is C21H26N2O2S. The molecule has 1 aliphatic heterocycles. The minimum Gasteiger partial charge on any atom is -0.368 e. The van der Waals surface area contributed by atoms with Crippen LogP contribution in [0, 0.1) is 20.8 Å². The Kier molecular flexibility index (Phi) is 5.77. The maximum absolute atomic E-state index is 12.5. The minimum atomic E-state index is 0.0745. The molecule has 0 spiro atoms. The third-order valence-electron chi connectivity index (χ3n) is 5.13. The van der Waals surface area contributed by atoms with Gasteiger partial charge in [0.25, 0.3) is 0 Å². The van der Waals surface area contributed by atoms with Crippen LogP contribution >= 0.6 is 11.3 Å². The van der Waals surface area contributed by atoms with Crippen molar-refractivity contribution in [1.82, 2.24) is 4.90 Å². The second-order valence-corrected chi connectivity index (χ2v) is 8.21. The number of amides is 1. The third-order valence-corrected chi connectivity index (χ3v) is 6.17. The zero-order chi connectivity index (χ0) is 18.7. The van der Waals surface area contributed by atoms with Gasteiger partial charge >= 0.3 is 0 Å². The number of aryl methyl sites for hydroxylation is 2. The van der Waals surface area contributed by atoms with Crippen LogP contribution in [0.5, 0.6) is 0 Å². The van der Waals surface area contributed by atoms with Crippen LogP contribution in [-0.2, 0) is 4.79 Å². The normalized spacial score (nSPS) is 14.6. The van der Waals surface area contributed by atoms with E-state index in [0.29, 0.717) is 12.8 Å². The Hall–Kier alpha value is -2.14. The molecule has 1 aliphatic rings. The zero-order valence-corrected chi connectivity index (χ0v) is 16.6. The Morgan fingerprint density at radius 2 is 1.69 bits per heavy atom. The van der Waals surface area contributed by atoms with Gasteiger partial charge in [0.2, 0.25) is 5.91 Å². The molecule has 1 amide bonds. The van der Waals surface area contributed by atoms with Crippen LogP contribution in [0.1, 0.15) is 38.5 Å². The van der Waals surface area contributed by atoms with E-state index in [1.54, 1.807) is 0 Å². The molecule has 138 valence electrons. The molecule has 0 radical (unpaired) electrons. The summed E-state index contributed by atoms with van der Waals surface area (Å²) in [6.07, 6.45) is 0.606. The number of hydrogen-bond acceptors (Lipinski definition) is 4. The van der Waals surface area contributed by atoms with E-state index in [-0.39, 0.29) is 11.7 Å². The SMILES string of the molecule is Cc1ccc(C(=O)CCC(=O)N2CCN(c3cccc(C)c3C)CC2)s1. The fraction of sp³-hybridized carbons (Fsp3) is 0.429. The number of carbonyl (C=O) groups is 2. The van der Waals surface area contributed by atoms with Crippen molar-refractivity contribution in [2.24, 2.45) is 0 Å². The molecule has 1 saturated heterocycles. The summed E-state index contributed by atoms with van der Waals surface area (Å²) in [4.78, 5) is 30.8. The van der Waals surface area contributed by atoms with Gasteiger partial charge in [-0.2, -0.15) is 0 Å². The van der Waals surface area contributed by atoms with Gasteiger partial charge in [-0.1, -0.05) is 12.1 Å². The number of ketones is 1. The number of benzene rings is 1. The number of nitrogens with zero attached hydrogens (tertiary/aromatic N) is 2. The van der Waals surface area contributed by atoms with Crippen molar-refractivity contribution < 1.29 is 9.59 Å². The lowest BCUT2D eigenvalue weighted by molar-refractivity contribution is -0.131. The summed E-state index contributed by atoms with van der Waals surface area (Å²) in [7, 11) is 0. The fourth-order valence-electron chi connectivity index (χ4n) is 3.36. The zero-order valence-electron chi connectivity index (χ0n) is 15.7. The predicted octanol–water partition coefficient (Wildman–Crippen LogP) is 3.99. The second kappa shape index (κ2) is 8.04. The Labute approximate surface area is 159 Å². The third kappa shape index (κ3) is 4.15. The standard InChI is InChI=1S/C21H26N2O2S/c1-15-5-4-6-18(17(15)3)22-11-13-23(14-12-22)21(25)10-8-19(24)20-9-7-16(2)26-20/h4-7,9H,8,10-14H2,1-3H3. The summed E-state index contributed by atoms with van der Waals surface area (Å²) in [6, 6.07) is 10.2. The van der Waals surface area contributed by atoms with Crippen LogP contribution in [0.3, 0.4) is 0 Å². The average molecular weight is 371 g/mol. The summed E-state index contributed by atoms with van der Waals surface area (Å²) < 4.78 is 0. The van der Waals surface area contributed by atoms with Crippen molar-refractivity contribution in [2.45, 2.75) is 33.6 Å². The monoisotopic (exact) mass is 370 g/mol. The van der Waals surface area contributed by atoms with Crippen molar-refractivity contribution in [3.05, 3.63) is 51.2 Å². The van der Waals surface area contributed by atoms with E-state index in [9.17, 15) is 9.59 Å². The molecule has 3 rings (SSSR count). The molecule has 4 nitrogen and oxygen atoms in total. The van der Waals surface area contributed by atoms with Crippen molar-refractivity contribution in [2.75, 3.05) is 31.1 Å². The fourth-order valence-corrected chi connectivity index (χ4v) is 4.20. The van der Waals surface area contributed by atoms with Crippen molar-refractivity contribution in [3.63, 3.8) is 0 Å². The highest BCUT2D eigenvalue weighted by molar-refractivity contribution is 7.14. The highest BCUT2D eigenvalue weighted by Gasteiger charge is 2.23. The molecule has 0 aliphatic carbocycles. The van der Waals surface area contributed by atoms with E-state index < -0.39 is 0 Å². The minimum absolute atomic E-state index is 0.0745. The van der Waals surface area contributed by atoms with Crippen LogP contribution in [0.15, 0.2) is 30.3 Å². The molecule has 0 bridgehead atoms.